The molecule has 0 bridgehead atoms. The lowest BCUT2D eigenvalue weighted by Crippen LogP contribution is -2.62. The van der Waals surface area contributed by atoms with Crippen molar-refractivity contribution in [3.63, 3.8) is 0 Å². The Morgan fingerprint density at radius 3 is 1.82 bits per heavy atom. The molecule has 0 spiro atoms. The predicted molar refractivity (Wildman–Crippen MR) is 95.1 cm³/mol. The minimum Gasteiger partial charge on any atom is -0.463 e. The highest BCUT2D eigenvalue weighted by Crippen LogP contribution is 2.30. The minimum absolute atomic E-state index is 0.264. The van der Waals surface area contributed by atoms with Crippen LogP contribution in [0.3, 0.4) is 0 Å². The molecule has 160 valence electrons. The van der Waals surface area contributed by atoms with Crippen molar-refractivity contribution in [2.75, 3.05) is 27.2 Å². The van der Waals surface area contributed by atoms with E-state index in [4.69, 9.17) is 29.2 Å². The molecule has 0 amide bonds. The van der Waals surface area contributed by atoms with Crippen molar-refractivity contribution in [3.05, 3.63) is 0 Å². The van der Waals surface area contributed by atoms with Gasteiger partial charge in [-0.25, -0.2) is 0 Å². The molecule has 0 aromatic carbocycles. The number of esters is 4. The third-order valence-electron chi connectivity index (χ3n) is 3.80. The molecule has 1 aliphatic rings. The molecule has 0 N–H and O–H groups in total. The Balaban J connectivity index is 3.35. The van der Waals surface area contributed by atoms with Crippen LogP contribution in [0.15, 0.2) is 0 Å². The lowest BCUT2D eigenvalue weighted by Gasteiger charge is -2.44. The molecule has 0 saturated carbocycles. The molecule has 1 heterocycles. The van der Waals surface area contributed by atoms with E-state index < -0.39 is 88.6 Å². The van der Waals surface area contributed by atoms with Crippen molar-refractivity contribution in [3.8, 4) is 0 Å². The Hall–Kier alpha value is -2.20. The maximum atomic E-state index is 11.9. The molecule has 0 aliphatic carbocycles. The number of carbonyl (C=O) groups excluding carboxylic acids is 4. The molecular weight excluding hydrogens is 374 g/mol. The van der Waals surface area contributed by atoms with Crippen LogP contribution in [0.1, 0.15) is 39.5 Å². The lowest BCUT2D eigenvalue weighted by atomic mass is 9.92. The first-order valence-corrected chi connectivity index (χ1v) is 8.37. The maximum Gasteiger partial charge on any atom is 0.303 e. The van der Waals surface area contributed by atoms with Gasteiger partial charge in [-0.3, -0.25) is 19.2 Å². The van der Waals surface area contributed by atoms with Gasteiger partial charge < -0.3 is 28.6 Å². The van der Waals surface area contributed by atoms with Gasteiger partial charge in [-0.1, -0.05) is 0 Å². The number of rotatable bonds is 8. The van der Waals surface area contributed by atoms with Crippen LogP contribution in [-0.4, -0.2) is 86.5 Å². The topological polar surface area (TPSA) is 118 Å². The molecular formula is C18H29NO9. The summed E-state index contributed by atoms with van der Waals surface area (Å²) in [6.45, 7) is -2.92. The number of hydrogen-bond acceptors (Lipinski definition) is 10. The van der Waals surface area contributed by atoms with Crippen molar-refractivity contribution >= 4 is 23.9 Å². The molecule has 10 heteroatoms. The molecule has 1 rings (SSSR count). The van der Waals surface area contributed by atoms with E-state index in [2.05, 4.69) is 0 Å². The summed E-state index contributed by atoms with van der Waals surface area (Å²) in [6.07, 6.45) is -5.94. The van der Waals surface area contributed by atoms with Gasteiger partial charge in [0, 0.05) is 39.6 Å². The third-order valence-corrected chi connectivity index (χ3v) is 3.80. The standard InChI is InChI=1S/C18H29NO9/c1-10(20)24-9-15-17(26-12(3)22)18(27-13(4)23)16(25-11(2)21)14(28-15)7-8-19(5)6/h14-18H,7-9H2,1-6H3/t14?,15-,16+,17-,18-/m1/s1/i1D,2D,3D,4D. The highest BCUT2D eigenvalue weighted by atomic mass is 16.7. The van der Waals surface area contributed by atoms with E-state index in [9.17, 15) is 19.2 Å². The second kappa shape index (κ2) is 11.0. The summed E-state index contributed by atoms with van der Waals surface area (Å²) in [5.41, 5.74) is 0. The average Bonchev–Trinajstić information content (AvgIpc) is 2.78. The van der Waals surface area contributed by atoms with E-state index in [1.165, 1.54) is 0 Å². The molecule has 1 aliphatic heterocycles. The predicted octanol–water partition coefficient (Wildman–Crippen LogP) is 0.0637. The molecule has 28 heavy (non-hydrogen) atoms. The van der Waals surface area contributed by atoms with Gasteiger partial charge in [0.25, 0.3) is 0 Å². The first-order chi connectivity index (χ1) is 15.2. The van der Waals surface area contributed by atoms with Gasteiger partial charge in [0.2, 0.25) is 0 Å². The van der Waals surface area contributed by atoms with Crippen LogP contribution in [0.25, 0.3) is 0 Å². The number of hydrogen-bond donors (Lipinski definition) is 0. The van der Waals surface area contributed by atoms with Gasteiger partial charge in [-0.2, -0.15) is 0 Å². The molecule has 1 fully saturated rings. The third kappa shape index (κ3) is 7.81. The van der Waals surface area contributed by atoms with Crippen LogP contribution >= 0.6 is 0 Å². The Morgan fingerprint density at radius 2 is 1.32 bits per heavy atom. The zero-order chi connectivity index (χ0) is 24.3. The quantitative estimate of drug-likeness (QED) is 0.404. The number of ether oxygens (including phenoxy) is 5. The minimum atomic E-state index is -1.43. The molecule has 5 atom stereocenters. The van der Waals surface area contributed by atoms with Gasteiger partial charge in [0.1, 0.15) is 18.8 Å². The summed E-state index contributed by atoms with van der Waals surface area (Å²) in [5, 5.41) is 0. The van der Waals surface area contributed by atoms with Crippen LogP contribution in [0.4, 0.5) is 0 Å². The molecule has 0 aromatic rings. The summed E-state index contributed by atoms with van der Waals surface area (Å²) in [5.74, 6) is -3.81. The molecule has 1 saturated heterocycles. The highest BCUT2D eigenvalue weighted by molar-refractivity contribution is 5.68. The van der Waals surface area contributed by atoms with Gasteiger partial charge >= 0.3 is 23.9 Å². The van der Waals surface area contributed by atoms with E-state index >= 15 is 0 Å². The Bertz CT molecular complexity index is 652. The zero-order valence-electron chi connectivity index (χ0n) is 20.0. The average molecular weight is 407 g/mol. The first kappa shape index (κ1) is 17.9. The Morgan fingerprint density at radius 1 is 0.821 bits per heavy atom. The Kier molecular flexibility index (Phi) is 6.99. The van der Waals surface area contributed by atoms with Gasteiger partial charge in [0.15, 0.2) is 18.3 Å². The summed E-state index contributed by atoms with van der Waals surface area (Å²) in [6, 6.07) is 0. The van der Waals surface area contributed by atoms with Crippen molar-refractivity contribution in [2.24, 2.45) is 0 Å². The fourth-order valence-electron chi connectivity index (χ4n) is 2.79. The largest absolute Gasteiger partial charge is 0.463 e. The zero-order valence-corrected chi connectivity index (χ0v) is 16.0. The van der Waals surface area contributed by atoms with E-state index in [-0.39, 0.29) is 6.42 Å². The smallest absolute Gasteiger partial charge is 0.303 e. The molecule has 0 aromatic heterocycles. The van der Waals surface area contributed by atoms with Gasteiger partial charge in [0.05, 0.1) is 0 Å². The summed E-state index contributed by atoms with van der Waals surface area (Å²) < 4.78 is 55.4. The van der Waals surface area contributed by atoms with Crippen LogP contribution in [0.5, 0.6) is 0 Å². The van der Waals surface area contributed by atoms with E-state index in [1.807, 2.05) is 4.90 Å². The van der Waals surface area contributed by atoms with Crippen LogP contribution in [0, 0.1) is 0 Å². The fourth-order valence-corrected chi connectivity index (χ4v) is 2.79. The molecule has 0 radical (unpaired) electrons. The van der Waals surface area contributed by atoms with Crippen LogP contribution in [0.2, 0.25) is 0 Å². The summed E-state index contributed by atoms with van der Waals surface area (Å²) >= 11 is 0. The highest BCUT2D eigenvalue weighted by Gasteiger charge is 2.51. The van der Waals surface area contributed by atoms with Crippen LogP contribution in [-0.2, 0) is 42.9 Å². The molecule has 10 nitrogen and oxygen atoms in total. The SMILES string of the molecule is [2H]CC(=O)OC[C@H]1OC(CCN(C)C)[C@H](OC(=O)C[2H])[C@@H](OC(=O)C[2H])[C@@H]1OC(=O)C[2H]. The van der Waals surface area contributed by atoms with Crippen molar-refractivity contribution < 1.29 is 48.3 Å². The summed E-state index contributed by atoms with van der Waals surface area (Å²) in [7, 11) is 3.58. The van der Waals surface area contributed by atoms with E-state index in [0.717, 1.165) is 0 Å². The maximum absolute atomic E-state index is 11.9. The molecule has 1 unspecified atom stereocenters. The van der Waals surface area contributed by atoms with Crippen molar-refractivity contribution in [1.82, 2.24) is 4.90 Å². The second-order valence-electron chi connectivity index (χ2n) is 6.35. The van der Waals surface area contributed by atoms with Gasteiger partial charge in [-0.15, -0.1) is 0 Å². The summed E-state index contributed by atoms with van der Waals surface area (Å²) in [4.78, 5) is 49.0. The van der Waals surface area contributed by atoms with Gasteiger partial charge in [-0.05, 0) is 20.5 Å². The van der Waals surface area contributed by atoms with Crippen LogP contribution < -0.4 is 0 Å². The number of nitrogens with zero attached hydrogens (tertiary/aromatic N) is 1. The first-order valence-electron chi connectivity index (χ1n) is 11.2. The number of carbonyl (C=O) groups is 4. The Labute approximate surface area is 170 Å². The second-order valence-corrected chi connectivity index (χ2v) is 6.35. The lowest BCUT2D eigenvalue weighted by molar-refractivity contribution is -0.253. The monoisotopic (exact) mass is 407 g/mol. The van der Waals surface area contributed by atoms with E-state index in [0.29, 0.717) is 6.54 Å². The van der Waals surface area contributed by atoms with E-state index in [1.54, 1.807) is 14.1 Å². The van der Waals surface area contributed by atoms with Crippen molar-refractivity contribution in [1.29, 1.82) is 0 Å². The fraction of sp³-hybridized carbons (Fsp3) is 0.778. The van der Waals surface area contributed by atoms with Crippen molar-refractivity contribution in [2.45, 2.75) is 64.5 Å². The normalized spacial score (nSPS) is 28.9.